The van der Waals surface area contributed by atoms with Gasteiger partial charge in [-0.1, -0.05) is 6.08 Å². The minimum atomic E-state index is -1.13. The van der Waals surface area contributed by atoms with E-state index < -0.39 is 5.72 Å². The lowest BCUT2D eigenvalue weighted by molar-refractivity contribution is 0.106. The van der Waals surface area contributed by atoms with Gasteiger partial charge in [0.25, 0.3) is 0 Å². The Balaban J connectivity index is 4.03. The summed E-state index contributed by atoms with van der Waals surface area (Å²) in [6.07, 6.45) is 1.79. The van der Waals surface area contributed by atoms with Gasteiger partial charge >= 0.3 is 0 Å². The fourth-order valence-electron chi connectivity index (χ4n) is 0.292. The van der Waals surface area contributed by atoms with Gasteiger partial charge in [-0.05, 0) is 26.3 Å². The average Bonchev–Trinajstić information content (AvgIpc) is 1.62. The molecule has 0 radical (unpaired) electrons. The van der Waals surface area contributed by atoms with E-state index in [0.717, 1.165) is 5.57 Å². The van der Waals surface area contributed by atoms with Crippen LogP contribution in [0.5, 0.6) is 0 Å². The highest BCUT2D eigenvalue weighted by Crippen LogP contribution is 2.06. The molecule has 0 amide bonds. The Bertz CT molecular complexity index is 99.6. The van der Waals surface area contributed by atoms with Crippen molar-refractivity contribution >= 4 is 0 Å². The molecule has 0 aliphatic carbocycles. The van der Waals surface area contributed by atoms with Crippen LogP contribution in [0.2, 0.25) is 0 Å². The Hall–Kier alpha value is -0.340. The third kappa shape index (κ3) is 2.09. The predicted octanol–water partition coefficient (Wildman–Crippen LogP) is 0.620. The molecule has 0 aliphatic rings. The molecule has 2 nitrogen and oxygen atoms in total. The summed E-state index contributed by atoms with van der Waals surface area (Å²) in [7, 11) is 0. The van der Waals surface area contributed by atoms with Crippen LogP contribution in [0.4, 0.5) is 0 Å². The first-order valence-electron chi connectivity index (χ1n) is 2.63. The molecule has 0 aliphatic heterocycles. The van der Waals surface area contributed by atoms with Crippen LogP contribution < -0.4 is 5.73 Å². The van der Waals surface area contributed by atoms with Crippen molar-refractivity contribution < 1.29 is 5.11 Å². The minimum Gasteiger partial charge on any atom is -0.372 e. The van der Waals surface area contributed by atoms with E-state index in [4.69, 9.17) is 10.8 Å². The molecule has 0 saturated carbocycles. The first kappa shape index (κ1) is 7.66. The molecule has 2 heteroatoms. The smallest absolute Gasteiger partial charge is 0.132 e. The summed E-state index contributed by atoms with van der Waals surface area (Å²) >= 11 is 0. The maximum absolute atomic E-state index is 9.00. The van der Waals surface area contributed by atoms with Crippen molar-refractivity contribution in [3.8, 4) is 0 Å². The van der Waals surface area contributed by atoms with Gasteiger partial charge in [-0.3, -0.25) is 0 Å². The molecule has 0 spiro atoms. The lowest BCUT2D eigenvalue weighted by Gasteiger charge is -2.16. The van der Waals surface area contributed by atoms with E-state index in [1.54, 1.807) is 19.9 Å². The summed E-state index contributed by atoms with van der Waals surface area (Å²) < 4.78 is 0. The third-order valence-electron chi connectivity index (χ3n) is 1.23. The largest absolute Gasteiger partial charge is 0.372 e. The van der Waals surface area contributed by atoms with Crippen molar-refractivity contribution in [3.63, 3.8) is 0 Å². The van der Waals surface area contributed by atoms with Crippen LogP contribution in [-0.4, -0.2) is 10.8 Å². The molecular weight excluding hydrogens is 102 g/mol. The fourth-order valence-corrected chi connectivity index (χ4v) is 0.292. The molecule has 0 fully saturated rings. The van der Waals surface area contributed by atoms with Crippen molar-refractivity contribution in [1.29, 1.82) is 0 Å². The average molecular weight is 115 g/mol. The highest BCUT2D eigenvalue weighted by molar-refractivity contribution is 5.07. The lowest BCUT2D eigenvalue weighted by atomic mass is 10.1. The lowest BCUT2D eigenvalue weighted by Crippen LogP contribution is -2.36. The van der Waals surface area contributed by atoms with Gasteiger partial charge in [0.1, 0.15) is 5.72 Å². The molecule has 0 unspecified atom stereocenters. The monoisotopic (exact) mass is 115 g/mol. The highest BCUT2D eigenvalue weighted by Gasteiger charge is 2.13. The second-order valence-electron chi connectivity index (χ2n) is 2.12. The van der Waals surface area contributed by atoms with Crippen molar-refractivity contribution in [2.45, 2.75) is 26.5 Å². The molecule has 3 N–H and O–H groups in total. The Morgan fingerprint density at radius 1 is 1.75 bits per heavy atom. The van der Waals surface area contributed by atoms with Crippen molar-refractivity contribution in [3.05, 3.63) is 11.6 Å². The Kier molecular flexibility index (Phi) is 2.19. The topological polar surface area (TPSA) is 46.2 Å². The van der Waals surface area contributed by atoms with E-state index >= 15 is 0 Å². The SMILES string of the molecule is C/C=C(\C)[C@@](C)(N)O. The van der Waals surface area contributed by atoms with E-state index in [1.807, 2.05) is 6.92 Å². The van der Waals surface area contributed by atoms with Crippen LogP contribution in [0, 0.1) is 0 Å². The predicted molar refractivity (Wildman–Crippen MR) is 34.2 cm³/mol. The fraction of sp³-hybridized carbons (Fsp3) is 0.667. The zero-order valence-electron chi connectivity index (χ0n) is 5.60. The molecule has 0 bridgehead atoms. The second-order valence-corrected chi connectivity index (χ2v) is 2.12. The molecular formula is C6H13NO. The van der Waals surface area contributed by atoms with Crippen LogP contribution in [0.15, 0.2) is 11.6 Å². The van der Waals surface area contributed by atoms with Gasteiger partial charge in [0.2, 0.25) is 0 Å². The van der Waals surface area contributed by atoms with Crippen molar-refractivity contribution in [2.75, 3.05) is 0 Å². The summed E-state index contributed by atoms with van der Waals surface area (Å²) in [6.45, 7) is 5.19. The number of hydrogen-bond donors (Lipinski definition) is 2. The van der Waals surface area contributed by atoms with Gasteiger partial charge in [0.15, 0.2) is 0 Å². The van der Waals surface area contributed by atoms with Gasteiger partial charge in [-0.15, -0.1) is 0 Å². The molecule has 48 valence electrons. The van der Waals surface area contributed by atoms with Gasteiger partial charge in [-0.2, -0.15) is 0 Å². The van der Waals surface area contributed by atoms with E-state index in [2.05, 4.69) is 0 Å². The van der Waals surface area contributed by atoms with Gasteiger partial charge in [-0.25, -0.2) is 0 Å². The maximum Gasteiger partial charge on any atom is 0.132 e. The summed E-state index contributed by atoms with van der Waals surface area (Å²) in [4.78, 5) is 0. The molecule has 1 atom stereocenters. The number of nitrogens with two attached hydrogens (primary N) is 1. The molecule has 0 rings (SSSR count). The second kappa shape index (κ2) is 2.29. The summed E-state index contributed by atoms with van der Waals surface area (Å²) in [5.41, 5.74) is 4.94. The van der Waals surface area contributed by atoms with Gasteiger partial charge < -0.3 is 10.8 Å². The van der Waals surface area contributed by atoms with Crippen LogP contribution >= 0.6 is 0 Å². The van der Waals surface area contributed by atoms with Crippen molar-refractivity contribution in [1.82, 2.24) is 0 Å². The normalized spacial score (nSPS) is 20.4. The Morgan fingerprint density at radius 3 is 2.12 bits per heavy atom. The zero-order valence-corrected chi connectivity index (χ0v) is 5.60. The summed E-state index contributed by atoms with van der Waals surface area (Å²) in [5, 5.41) is 9.00. The molecule has 0 heterocycles. The zero-order chi connectivity index (χ0) is 6.78. The van der Waals surface area contributed by atoms with Crippen molar-refractivity contribution in [2.24, 2.45) is 5.73 Å². The molecule has 0 aromatic rings. The molecule has 0 aromatic carbocycles. The first-order valence-corrected chi connectivity index (χ1v) is 2.63. The summed E-state index contributed by atoms with van der Waals surface area (Å²) in [5.74, 6) is 0. The van der Waals surface area contributed by atoms with E-state index in [-0.39, 0.29) is 0 Å². The maximum atomic E-state index is 9.00. The molecule has 0 aromatic heterocycles. The van der Waals surface area contributed by atoms with Crippen LogP contribution in [0.3, 0.4) is 0 Å². The Labute approximate surface area is 50.0 Å². The number of aliphatic hydroxyl groups is 1. The molecule has 0 saturated heterocycles. The quantitative estimate of drug-likeness (QED) is 0.388. The standard InChI is InChI=1S/C6H13NO/c1-4-5(2)6(3,7)8/h4,8H,7H2,1-3H3/b5-4+/t6-/m0/s1. The number of hydrogen-bond acceptors (Lipinski definition) is 2. The van der Waals surface area contributed by atoms with E-state index in [9.17, 15) is 0 Å². The van der Waals surface area contributed by atoms with E-state index in [0.29, 0.717) is 0 Å². The number of allylic oxidation sites excluding steroid dienone is 1. The number of rotatable bonds is 1. The van der Waals surface area contributed by atoms with Gasteiger partial charge in [0, 0.05) is 0 Å². The Morgan fingerprint density at radius 2 is 2.12 bits per heavy atom. The molecule has 8 heavy (non-hydrogen) atoms. The van der Waals surface area contributed by atoms with Crippen LogP contribution in [0.1, 0.15) is 20.8 Å². The first-order chi connectivity index (χ1) is 3.48. The van der Waals surface area contributed by atoms with Crippen LogP contribution in [-0.2, 0) is 0 Å². The van der Waals surface area contributed by atoms with E-state index in [1.165, 1.54) is 0 Å². The highest BCUT2D eigenvalue weighted by atomic mass is 16.3. The third-order valence-corrected chi connectivity index (χ3v) is 1.23. The summed E-state index contributed by atoms with van der Waals surface area (Å²) in [6, 6.07) is 0. The van der Waals surface area contributed by atoms with Crippen LogP contribution in [0.25, 0.3) is 0 Å². The minimum absolute atomic E-state index is 0.789. The van der Waals surface area contributed by atoms with Gasteiger partial charge in [0.05, 0.1) is 0 Å².